The van der Waals surface area contributed by atoms with E-state index in [2.05, 4.69) is 0 Å². The number of hydrogen-bond donors (Lipinski definition) is 0. The maximum atomic E-state index is 13.0. The van der Waals surface area contributed by atoms with E-state index in [9.17, 15) is 19.2 Å². The highest BCUT2D eigenvalue weighted by Crippen LogP contribution is 2.32. The van der Waals surface area contributed by atoms with Crippen molar-refractivity contribution in [1.29, 1.82) is 0 Å². The van der Waals surface area contributed by atoms with Gasteiger partial charge in [0.25, 0.3) is 0 Å². The van der Waals surface area contributed by atoms with Gasteiger partial charge in [-0.3, -0.25) is 19.2 Å². The summed E-state index contributed by atoms with van der Waals surface area (Å²) in [5.41, 5.74) is 0.962. The van der Waals surface area contributed by atoms with Crippen molar-refractivity contribution in [2.45, 2.75) is 58.3 Å². The van der Waals surface area contributed by atoms with E-state index in [1.807, 2.05) is 6.92 Å². The molecule has 180 valence electrons. The van der Waals surface area contributed by atoms with Gasteiger partial charge in [-0.25, -0.2) is 0 Å². The van der Waals surface area contributed by atoms with E-state index in [1.54, 1.807) is 0 Å². The number of ketones is 4. The SMILES string of the molecule is CCCCC1=C(OC)C(=O)C(CCCCCC2=C(OC)C(=O)C=C(OC)C2=O)=C(OC)C1=O. The first-order chi connectivity index (χ1) is 15.9. The van der Waals surface area contributed by atoms with Crippen molar-refractivity contribution in [3.8, 4) is 0 Å². The van der Waals surface area contributed by atoms with Crippen molar-refractivity contribution in [3.63, 3.8) is 0 Å². The summed E-state index contributed by atoms with van der Waals surface area (Å²) in [6.45, 7) is 2.01. The van der Waals surface area contributed by atoms with Crippen LogP contribution in [0.5, 0.6) is 0 Å². The summed E-state index contributed by atoms with van der Waals surface area (Å²) in [4.78, 5) is 50.5. The Morgan fingerprint density at radius 1 is 0.576 bits per heavy atom. The molecule has 0 aromatic rings. The molecule has 8 heteroatoms. The van der Waals surface area contributed by atoms with E-state index in [0.29, 0.717) is 49.7 Å². The number of carbonyl (C=O) groups excluding carboxylic acids is 4. The van der Waals surface area contributed by atoms with Gasteiger partial charge in [-0.1, -0.05) is 19.8 Å². The van der Waals surface area contributed by atoms with Gasteiger partial charge in [-0.05, 0) is 38.5 Å². The first-order valence-corrected chi connectivity index (χ1v) is 11.1. The summed E-state index contributed by atoms with van der Waals surface area (Å²) in [5, 5.41) is 0. The van der Waals surface area contributed by atoms with Crippen LogP contribution in [0.15, 0.2) is 45.8 Å². The fraction of sp³-hybridized carbons (Fsp3) is 0.520. The minimum atomic E-state index is -0.400. The number of allylic oxidation sites excluding steroid dienone is 4. The van der Waals surface area contributed by atoms with Gasteiger partial charge in [0, 0.05) is 22.8 Å². The van der Waals surface area contributed by atoms with Gasteiger partial charge in [0.2, 0.25) is 23.1 Å². The normalized spacial score (nSPS) is 17.1. The molecule has 0 amide bonds. The Hall–Kier alpha value is -3.16. The summed E-state index contributed by atoms with van der Waals surface area (Å²) >= 11 is 0. The second kappa shape index (κ2) is 12.2. The van der Waals surface area contributed by atoms with Crippen molar-refractivity contribution >= 4 is 23.1 Å². The largest absolute Gasteiger partial charge is 0.493 e. The quantitative estimate of drug-likeness (QED) is 0.303. The van der Waals surface area contributed by atoms with E-state index in [-0.39, 0.29) is 46.0 Å². The Labute approximate surface area is 194 Å². The molecule has 0 atom stereocenters. The highest BCUT2D eigenvalue weighted by atomic mass is 16.5. The standard InChI is InChI=1S/C25H32O8/c1-6-7-11-16-21(28)25(33-5)17(22(29)24(16)32-4)13-10-8-9-12-15-20(27)19(30-2)14-18(26)23(15)31-3/h14H,6-13H2,1-5H3. The number of ether oxygens (including phenoxy) is 4. The molecule has 0 saturated carbocycles. The minimum Gasteiger partial charge on any atom is -0.493 e. The molecular weight excluding hydrogens is 428 g/mol. The van der Waals surface area contributed by atoms with Gasteiger partial charge in [-0.15, -0.1) is 0 Å². The zero-order chi connectivity index (χ0) is 24.5. The average Bonchev–Trinajstić information content (AvgIpc) is 2.81. The van der Waals surface area contributed by atoms with Crippen molar-refractivity contribution < 1.29 is 38.1 Å². The summed E-state index contributed by atoms with van der Waals surface area (Å²) < 4.78 is 20.7. The molecule has 0 aromatic carbocycles. The minimum absolute atomic E-state index is 0.00485. The van der Waals surface area contributed by atoms with E-state index in [0.717, 1.165) is 18.9 Å². The maximum absolute atomic E-state index is 13.0. The second-order valence-corrected chi connectivity index (χ2v) is 7.76. The Balaban J connectivity index is 2.05. The Morgan fingerprint density at radius 3 is 1.45 bits per heavy atom. The third-order valence-electron chi connectivity index (χ3n) is 5.73. The Bertz CT molecular complexity index is 945. The van der Waals surface area contributed by atoms with Crippen LogP contribution in [-0.4, -0.2) is 51.6 Å². The Morgan fingerprint density at radius 2 is 1.03 bits per heavy atom. The van der Waals surface area contributed by atoms with Crippen LogP contribution < -0.4 is 0 Å². The third kappa shape index (κ3) is 5.61. The number of unbranched alkanes of at least 4 members (excludes halogenated alkanes) is 3. The molecule has 0 fully saturated rings. The van der Waals surface area contributed by atoms with Crippen LogP contribution in [0.25, 0.3) is 0 Å². The second-order valence-electron chi connectivity index (χ2n) is 7.76. The number of rotatable bonds is 13. The molecule has 0 saturated heterocycles. The maximum Gasteiger partial charge on any atom is 0.227 e. The number of Topliss-reactive ketones (excluding diaryl/α,β-unsaturated/α-hetero) is 3. The molecule has 2 rings (SSSR count). The predicted molar refractivity (Wildman–Crippen MR) is 120 cm³/mol. The van der Waals surface area contributed by atoms with E-state index < -0.39 is 5.78 Å². The molecule has 2 aliphatic carbocycles. The molecule has 0 aliphatic heterocycles. The number of carbonyl (C=O) groups is 4. The van der Waals surface area contributed by atoms with Crippen molar-refractivity contribution in [2.24, 2.45) is 0 Å². The van der Waals surface area contributed by atoms with Gasteiger partial charge >= 0.3 is 0 Å². The van der Waals surface area contributed by atoms with E-state index in [1.165, 1.54) is 28.4 Å². The molecule has 0 bridgehead atoms. The van der Waals surface area contributed by atoms with E-state index in [4.69, 9.17) is 18.9 Å². The predicted octanol–water partition coefficient (Wildman–Crippen LogP) is 3.66. The topological polar surface area (TPSA) is 105 Å². The molecule has 0 heterocycles. The van der Waals surface area contributed by atoms with Crippen LogP contribution in [0, 0.1) is 0 Å². The molecule has 0 aromatic heterocycles. The van der Waals surface area contributed by atoms with Crippen LogP contribution in [0.2, 0.25) is 0 Å². The lowest BCUT2D eigenvalue weighted by Crippen LogP contribution is -2.26. The zero-order valence-electron chi connectivity index (χ0n) is 20.0. The van der Waals surface area contributed by atoms with Crippen LogP contribution in [0.1, 0.15) is 58.3 Å². The highest BCUT2D eigenvalue weighted by molar-refractivity contribution is 6.23. The first kappa shape index (κ1) is 26.1. The van der Waals surface area contributed by atoms with Crippen LogP contribution in [-0.2, 0) is 38.1 Å². The smallest absolute Gasteiger partial charge is 0.227 e. The van der Waals surface area contributed by atoms with Crippen molar-refractivity contribution in [1.82, 2.24) is 0 Å². The summed E-state index contributed by atoms with van der Waals surface area (Å²) in [6, 6.07) is 0. The summed E-state index contributed by atoms with van der Waals surface area (Å²) in [6.07, 6.45) is 5.76. The zero-order valence-corrected chi connectivity index (χ0v) is 20.0. The fourth-order valence-electron chi connectivity index (χ4n) is 4.03. The highest BCUT2D eigenvalue weighted by Gasteiger charge is 2.36. The van der Waals surface area contributed by atoms with Crippen molar-refractivity contribution in [2.75, 3.05) is 28.4 Å². The van der Waals surface area contributed by atoms with Crippen LogP contribution in [0.4, 0.5) is 0 Å². The lowest BCUT2D eigenvalue weighted by Gasteiger charge is -2.22. The van der Waals surface area contributed by atoms with E-state index >= 15 is 0 Å². The molecule has 0 spiro atoms. The van der Waals surface area contributed by atoms with Gasteiger partial charge in [-0.2, -0.15) is 0 Å². The molecule has 0 N–H and O–H groups in total. The van der Waals surface area contributed by atoms with Gasteiger partial charge in [0.05, 0.1) is 28.4 Å². The number of methoxy groups -OCH3 is 4. The number of hydrogen-bond acceptors (Lipinski definition) is 8. The first-order valence-electron chi connectivity index (χ1n) is 11.1. The third-order valence-corrected chi connectivity index (χ3v) is 5.73. The molecule has 2 aliphatic rings. The molecular formula is C25H32O8. The van der Waals surface area contributed by atoms with Crippen molar-refractivity contribution in [3.05, 3.63) is 45.8 Å². The van der Waals surface area contributed by atoms with Gasteiger partial charge < -0.3 is 18.9 Å². The molecule has 8 nitrogen and oxygen atoms in total. The van der Waals surface area contributed by atoms with Crippen LogP contribution in [0.3, 0.4) is 0 Å². The molecule has 0 radical (unpaired) electrons. The van der Waals surface area contributed by atoms with Gasteiger partial charge in [0.1, 0.15) is 0 Å². The molecule has 33 heavy (non-hydrogen) atoms. The summed E-state index contributed by atoms with van der Waals surface area (Å²) in [7, 11) is 5.48. The summed E-state index contributed by atoms with van der Waals surface area (Å²) in [5.74, 6) is -1.15. The van der Waals surface area contributed by atoms with Crippen LogP contribution >= 0.6 is 0 Å². The van der Waals surface area contributed by atoms with Gasteiger partial charge in [0.15, 0.2) is 23.0 Å². The Kier molecular flexibility index (Phi) is 9.63. The lowest BCUT2D eigenvalue weighted by atomic mass is 9.87. The average molecular weight is 461 g/mol. The lowest BCUT2D eigenvalue weighted by molar-refractivity contribution is -0.121. The monoisotopic (exact) mass is 460 g/mol. The fourth-order valence-corrected chi connectivity index (χ4v) is 4.03. The molecule has 0 unspecified atom stereocenters.